The fourth-order valence-electron chi connectivity index (χ4n) is 2.67. The average molecular weight is 680 g/mol. The second-order valence-corrected chi connectivity index (χ2v) is 32.7. The van der Waals surface area contributed by atoms with Gasteiger partial charge >= 0.3 is 180 Å². The fraction of sp³-hybridized carbons (Fsp3) is 0.167. The number of rotatable bonds is 1. The topological polar surface area (TPSA) is 63.8 Å². The van der Waals surface area contributed by atoms with Gasteiger partial charge in [-0.2, -0.15) is 0 Å². The Hall–Kier alpha value is 0.458. The zero-order valence-corrected chi connectivity index (χ0v) is 23.2. The van der Waals surface area contributed by atoms with Crippen LogP contribution < -0.4 is 7.96 Å². The SMILES string of the molecule is Cn1c2n[se]sc-2cc2s[se+](-[se+]3[n-]c4n(C)c5n[se]sc-5cc=4s3)[n-]c1=2. The third-order valence-electron chi connectivity index (χ3n) is 3.94. The van der Waals surface area contributed by atoms with E-state index in [-0.39, 0.29) is 0 Å². The summed E-state index contributed by atoms with van der Waals surface area (Å²) in [6, 6.07) is 4.63. The third-order valence-corrected chi connectivity index (χ3v) is 36.0. The van der Waals surface area contributed by atoms with E-state index in [0.717, 1.165) is 22.6 Å². The molecule has 0 fully saturated rings. The van der Waals surface area contributed by atoms with Gasteiger partial charge < -0.3 is 0 Å². The van der Waals surface area contributed by atoms with E-state index in [0.29, 0.717) is 27.2 Å². The first-order valence-electron chi connectivity index (χ1n) is 7.22. The molecule has 6 aliphatic heterocycles. The van der Waals surface area contributed by atoms with Crippen molar-refractivity contribution < 1.29 is 0 Å². The summed E-state index contributed by atoms with van der Waals surface area (Å²) in [5, 5.41) is 0. The molecule has 2 unspecified atom stereocenters. The summed E-state index contributed by atoms with van der Waals surface area (Å²) in [5.41, 5.74) is 2.27. The summed E-state index contributed by atoms with van der Waals surface area (Å²) in [6.07, 6.45) is 0. The van der Waals surface area contributed by atoms with Crippen molar-refractivity contribution in [2.75, 3.05) is 0 Å². The molecule has 0 N–H and O–H groups in total. The van der Waals surface area contributed by atoms with Gasteiger partial charge in [-0.1, -0.05) is 0 Å². The summed E-state index contributed by atoms with van der Waals surface area (Å²) in [7, 11) is 9.63. The molecule has 134 valence electrons. The second kappa shape index (κ2) is 6.49. The van der Waals surface area contributed by atoms with Crippen LogP contribution in [0.5, 0.6) is 0 Å². The van der Waals surface area contributed by atoms with Crippen LogP contribution in [0.15, 0.2) is 12.1 Å². The predicted molar refractivity (Wildman–Crippen MR) is 111 cm³/mol. The van der Waals surface area contributed by atoms with Crippen LogP contribution in [0.3, 0.4) is 0 Å². The number of hydrogen-bond donors (Lipinski definition) is 0. The molecule has 0 amide bonds. The molecule has 14 heteroatoms. The summed E-state index contributed by atoms with van der Waals surface area (Å²) < 4.78 is 26.8. The molecule has 6 rings (SSSR count). The Morgan fingerprint density at radius 1 is 0.846 bits per heavy atom. The standard InChI is InChI=1S/C12H8N6S4Se4/c1-17-9-5(19-23-13-9)3-7-11(17)15-25(21-7)26-16-12-8(22-26)4-6-10(18(12)2)14-24-20-6/h3-4H,1-2H3. The molecule has 6 nitrogen and oxygen atoms in total. The molecule has 6 aliphatic rings. The van der Waals surface area contributed by atoms with Crippen molar-refractivity contribution in [1.82, 2.24) is 25.1 Å². The summed E-state index contributed by atoms with van der Waals surface area (Å²) in [4.78, 5) is 2.65. The molecule has 6 heterocycles. The molecule has 0 saturated carbocycles. The molecule has 26 heavy (non-hydrogen) atoms. The Balaban J connectivity index is 1.62. The minimum absolute atomic E-state index is 0.293. The van der Waals surface area contributed by atoms with Crippen molar-refractivity contribution in [3.05, 3.63) is 32.2 Å². The van der Waals surface area contributed by atoms with Crippen molar-refractivity contribution in [1.29, 1.82) is 0 Å². The summed E-state index contributed by atoms with van der Waals surface area (Å²) in [6.45, 7) is 0. The van der Waals surface area contributed by atoms with E-state index in [9.17, 15) is 0 Å². The van der Waals surface area contributed by atoms with Crippen LogP contribution in [0, 0.1) is 20.0 Å². The van der Waals surface area contributed by atoms with Crippen LogP contribution >= 0.6 is 38.9 Å². The van der Waals surface area contributed by atoms with Gasteiger partial charge in [0.2, 0.25) is 0 Å². The Morgan fingerprint density at radius 2 is 1.31 bits per heavy atom. The van der Waals surface area contributed by atoms with Gasteiger partial charge in [0.15, 0.2) is 0 Å². The van der Waals surface area contributed by atoms with Crippen molar-refractivity contribution in [3.63, 3.8) is 0 Å². The molecular weight excluding hydrogens is 672 g/mol. The van der Waals surface area contributed by atoms with Crippen LogP contribution in [0.4, 0.5) is 0 Å². The Kier molecular flexibility index (Phi) is 4.32. The van der Waals surface area contributed by atoms with Gasteiger partial charge in [0.1, 0.15) is 0 Å². The molecule has 2 atom stereocenters. The minimum atomic E-state index is -1.20. The van der Waals surface area contributed by atoms with Crippen molar-refractivity contribution in [2.45, 2.75) is 0 Å². The second-order valence-electron chi connectivity index (χ2n) is 5.44. The van der Waals surface area contributed by atoms with E-state index in [4.69, 9.17) is 7.96 Å². The van der Waals surface area contributed by atoms with Crippen LogP contribution in [0.1, 0.15) is 0 Å². The normalized spacial score (nSPS) is 13.6. The molecule has 0 bridgehead atoms. The first-order chi connectivity index (χ1) is 12.7. The average Bonchev–Trinajstić information content (AvgIpc) is 3.40. The van der Waals surface area contributed by atoms with Crippen molar-refractivity contribution in [3.8, 4) is 21.4 Å². The molecule has 0 aliphatic carbocycles. The van der Waals surface area contributed by atoms with Crippen molar-refractivity contribution >= 4 is 87.4 Å². The van der Waals surface area contributed by atoms with Crippen LogP contribution in [0.2, 0.25) is 0 Å². The van der Waals surface area contributed by atoms with Crippen LogP contribution in [-0.2, 0) is 14.1 Å². The number of hydrogen-bond acceptors (Lipinski definition) is 6. The third kappa shape index (κ3) is 2.56. The van der Waals surface area contributed by atoms with E-state index < -0.39 is 21.4 Å². The van der Waals surface area contributed by atoms with E-state index >= 15 is 0 Å². The molecule has 0 radical (unpaired) electrons. The van der Waals surface area contributed by atoms with Gasteiger partial charge in [0.05, 0.1) is 0 Å². The van der Waals surface area contributed by atoms with E-state index in [2.05, 4.69) is 43.3 Å². The van der Waals surface area contributed by atoms with E-state index in [1.54, 1.807) is 0 Å². The Morgan fingerprint density at radius 3 is 1.77 bits per heavy atom. The molecule has 0 aromatic heterocycles. The zero-order chi connectivity index (χ0) is 17.4. The number of fused-ring (bicyclic) bond motifs is 2. The van der Waals surface area contributed by atoms with Crippen LogP contribution in [0.25, 0.3) is 21.4 Å². The van der Waals surface area contributed by atoms with Gasteiger partial charge in [0.25, 0.3) is 0 Å². The first-order valence-corrected chi connectivity index (χ1v) is 26.0. The number of nitrogens with zero attached hydrogens (tertiary/aromatic N) is 6. The Bertz CT molecular complexity index is 1370. The number of aromatic nitrogens is 6. The van der Waals surface area contributed by atoms with E-state index in [1.165, 1.54) is 18.8 Å². The van der Waals surface area contributed by atoms with Gasteiger partial charge in [-0.05, 0) is 0 Å². The van der Waals surface area contributed by atoms with Gasteiger partial charge in [-0.15, -0.1) is 0 Å². The molecule has 0 saturated heterocycles. The predicted octanol–water partition coefficient (Wildman–Crippen LogP) is 1.14. The molecule has 0 spiro atoms. The van der Waals surface area contributed by atoms with Crippen molar-refractivity contribution in [2.24, 2.45) is 14.1 Å². The van der Waals surface area contributed by atoms with Gasteiger partial charge in [-0.3, -0.25) is 0 Å². The summed E-state index contributed by atoms with van der Waals surface area (Å²) >= 11 is 0.586. The Labute approximate surface area is 178 Å². The fourth-order valence-corrected chi connectivity index (χ4v) is 35.6. The first kappa shape index (κ1) is 17.3. The molecular formula is C12H8N6S4Se4. The van der Waals surface area contributed by atoms with Crippen LogP contribution in [-0.4, -0.2) is 65.6 Å². The maximum absolute atomic E-state index is 5.20. The molecule has 0 aromatic rings. The summed E-state index contributed by atoms with van der Waals surface area (Å²) in [5.74, 6) is 2.24. The van der Waals surface area contributed by atoms with E-state index in [1.807, 2.05) is 38.9 Å². The maximum atomic E-state index is 5.20. The monoisotopic (exact) mass is 684 g/mol. The molecule has 0 aromatic carbocycles. The van der Waals surface area contributed by atoms with Gasteiger partial charge in [-0.25, -0.2) is 0 Å². The zero-order valence-electron chi connectivity index (χ0n) is 13.1. The van der Waals surface area contributed by atoms with Gasteiger partial charge in [0, 0.05) is 0 Å². The quantitative estimate of drug-likeness (QED) is 0.245.